The molecule has 1 fully saturated rings. The normalized spacial score (nSPS) is 20.1. The van der Waals surface area contributed by atoms with Gasteiger partial charge in [-0.1, -0.05) is 23.2 Å². The minimum Gasteiger partial charge on any atom is -0.337 e. The van der Waals surface area contributed by atoms with Gasteiger partial charge in [-0.3, -0.25) is 4.79 Å². The lowest BCUT2D eigenvalue weighted by atomic mass is 9.99. The number of carbonyl (C=O) groups is 1. The summed E-state index contributed by atoms with van der Waals surface area (Å²) < 4.78 is 0.922. The smallest absolute Gasteiger partial charge is 0.256 e. The zero-order chi connectivity index (χ0) is 12.4. The third-order valence-electron chi connectivity index (χ3n) is 2.78. The fourth-order valence-corrected chi connectivity index (χ4v) is 3.37. The maximum absolute atomic E-state index is 12.2. The first-order chi connectivity index (χ1) is 8.11. The Hall–Kier alpha value is -0.760. The number of halogens is 2. The summed E-state index contributed by atoms with van der Waals surface area (Å²) in [5.74, 6) is -0.196. The van der Waals surface area contributed by atoms with Gasteiger partial charge in [0, 0.05) is 13.1 Å². The first-order valence-electron chi connectivity index (χ1n) is 5.25. The van der Waals surface area contributed by atoms with Crippen LogP contribution in [0.2, 0.25) is 8.67 Å². The highest BCUT2D eigenvalue weighted by atomic mass is 35.5. The molecule has 1 aromatic heterocycles. The average molecular weight is 289 g/mol. The van der Waals surface area contributed by atoms with Crippen LogP contribution in [-0.4, -0.2) is 23.9 Å². The van der Waals surface area contributed by atoms with Gasteiger partial charge in [-0.15, -0.1) is 11.3 Å². The second kappa shape index (κ2) is 5.26. The number of hydrogen-bond donors (Lipinski definition) is 0. The van der Waals surface area contributed by atoms with Crippen molar-refractivity contribution >= 4 is 40.4 Å². The van der Waals surface area contributed by atoms with E-state index in [1.54, 1.807) is 11.0 Å². The van der Waals surface area contributed by atoms with E-state index in [9.17, 15) is 4.79 Å². The minimum atomic E-state index is -0.127. The number of nitriles is 1. The number of carbonyl (C=O) groups excluding carboxylic acids is 1. The predicted octanol–water partition coefficient (Wildman–Crippen LogP) is 3.43. The molecule has 3 nitrogen and oxygen atoms in total. The molecule has 1 aromatic rings. The molecule has 1 aliphatic rings. The molecule has 0 radical (unpaired) electrons. The SMILES string of the molecule is N#CC1CCCN(C(=O)c2cc(Cl)sc2Cl)C1. The molecule has 1 aliphatic heterocycles. The van der Waals surface area contributed by atoms with Crippen LogP contribution in [0.15, 0.2) is 6.07 Å². The molecule has 6 heteroatoms. The maximum atomic E-state index is 12.2. The highest BCUT2D eigenvalue weighted by Crippen LogP contribution is 2.32. The van der Waals surface area contributed by atoms with Crippen LogP contribution in [0.3, 0.4) is 0 Å². The van der Waals surface area contributed by atoms with Crippen molar-refractivity contribution in [1.29, 1.82) is 5.26 Å². The molecule has 1 atom stereocenters. The van der Waals surface area contributed by atoms with Crippen molar-refractivity contribution in [3.8, 4) is 6.07 Å². The number of amides is 1. The molecule has 2 heterocycles. The summed E-state index contributed by atoms with van der Waals surface area (Å²) in [7, 11) is 0. The van der Waals surface area contributed by atoms with Gasteiger partial charge in [0.15, 0.2) is 0 Å². The largest absolute Gasteiger partial charge is 0.337 e. The second-order valence-corrected chi connectivity index (χ2v) is 6.24. The van der Waals surface area contributed by atoms with E-state index in [2.05, 4.69) is 6.07 Å². The van der Waals surface area contributed by atoms with Gasteiger partial charge < -0.3 is 4.90 Å². The van der Waals surface area contributed by atoms with Crippen molar-refractivity contribution in [2.24, 2.45) is 5.92 Å². The molecular formula is C11H10Cl2N2OS. The third-order valence-corrected chi connectivity index (χ3v) is 4.27. The summed E-state index contributed by atoms with van der Waals surface area (Å²) >= 11 is 13.0. The average Bonchev–Trinajstić information content (AvgIpc) is 2.67. The first-order valence-corrected chi connectivity index (χ1v) is 6.82. The van der Waals surface area contributed by atoms with Crippen molar-refractivity contribution < 1.29 is 4.79 Å². The Bertz CT molecular complexity index is 480. The van der Waals surface area contributed by atoms with Gasteiger partial charge in [-0.25, -0.2) is 0 Å². The molecule has 90 valence electrons. The van der Waals surface area contributed by atoms with Crippen LogP contribution in [0.5, 0.6) is 0 Å². The van der Waals surface area contributed by atoms with E-state index in [4.69, 9.17) is 28.5 Å². The van der Waals surface area contributed by atoms with E-state index in [0.717, 1.165) is 12.8 Å². The Morgan fingerprint density at radius 3 is 2.94 bits per heavy atom. The van der Waals surface area contributed by atoms with Gasteiger partial charge in [-0.2, -0.15) is 5.26 Å². The topological polar surface area (TPSA) is 44.1 Å². The highest BCUT2D eigenvalue weighted by Gasteiger charge is 2.26. The monoisotopic (exact) mass is 288 g/mol. The fraction of sp³-hybridized carbons (Fsp3) is 0.455. The number of thiophene rings is 1. The van der Waals surface area contributed by atoms with Crippen molar-refractivity contribution in [2.45, 2.75) is 12.8 Å². The molecule has 1 saturated heterocycles. The number of likely N-dealkylation sites (tertiary alicyclic amines) is 1. The van der Waals surface area contributed by atoms with Crippen molar-refractivity contribution in [1.82, 2.24) is 4.90 Å². The van der Waals surface area contributed by atoms with Crippen LogP contribution in [0, 0.1) is 17.2 Å². The summed E-state index contributed by atoms with van der Waals surface area (Å²) in [5.41, 5.74) is 0.445. The quantitative estimate of drug-likeness (QED) is 0.795. The summed E-state index contributed by atoms with van der Waals surface area (Å²) in [5, 5.41) is 8.89. The number of hydrogen-bond acceptors (Lipinski definition) is 3. The minimum absolute atomic E-state index is 0.0689. The zero-order valence-corrected chi connectivity index (χ0v) is 11.3. The molecule has 0 aliphatic carbocycles. The Morgan fingerprint density at radius 2 is 2.35 bits per heavy atom. The van der Waals surface area contributed by atoms with Gasteiger partial charge in [0.25, 0.3) is 5.91 Å². The van der Waals surface area contributed by atoms with Gasteiger partial charge in [-0.05, 0) is 18.9 Å². The summed E-state index contributed by atoms with van der Waals surface area (Å²) in [4.78, 5) is 13.9. The van der Waals surface area contributed by atoms with Crippen LogP contribution in [-0.2, 0) is 0 Å². The lowest BCUT2D eigenvalue weighted by Crippen LogP contribution is -2.39. The number of piperidine rings is 1. The maximum Gasteiger partial charge on any atom is 0.256 e. The van der Waals surface area contributed by atoms with E-state index in [0.29, 0.717) is 27.3 Å². The van der Waals surface area contributed by atoms with Crippen molar-refractivity contribution in [2.75, 3.05) is 13.1 Å². The second-order valence-electron chi connectivity index (χ2n) is 3.96. The van der Waals surface area contributed by atoms with Gasteiger partial charge in [0.2, 0.25) is 0 Å². The molecule has 17 heavy (non-hydrogen) atoms. The lowest BCUT2D eigenvalue weighted by molar-refractivity contribution is 0.0699. The molecule has 0 N–H and O–H groups in total. The molecule has 1 amide bonds. The van der Waals surface area contributed by atoms with E-state index < -0.39 is 0 Å². The molecule has 1 unspecified atom stereocenters. The number of nitrogens with zero attached hydrogens (tertiary/aromatic N) is 2. The molecule has 0 bridgehead atoms. The number of rotatable bonds is 1. The zero-order valence-electron chi connectivity index (χ0n) is 8.95. The van der Waals surface area contributed by atoms with Gasteiger partial charge >= 0.3 is 0 Å². The fourth-order valence-electron chi connectivity index (χ4n) is 1.92. The van der Waals surface area contributed by atoms with E-state index in [1.165, 1.54) is 11.3 Å². The van der Waals surface area contributed by atoms with Crippen molar-refractivity contribution in [3.05, 3.63) is 20.3 Å². The molecule has 2 rings (SSSR count). The highest BCUT2D eigenvalue weighted by molar-refractivity contribution is 7.20. The van der Waals surface area contributed by atoms with Crippen LogP contribution in [0.4, 0.5) is 0 Å². The van der Waals surface area contributed by atoms with Crippen LogP contribution >= 0.6 is 34.5 Å². The Morgan fingerprint density at radius 1 is 1.59 bits per heavy atom. The summed E-state index contributed by atoms with van der Waals surface area (Å²) in [6.45, 7) is 1.17. The van der Waals surface area contributed by atoms with E-state index in [1.807, 2.05) is 0 Å². The first kappa shape index (κ1) is 12.7. The van der Waals surface area contributed by atoms with Crippen molar-refractivity contribution in [3.63, 3.8) is 0 Å². The summed E-state index contributed by atoms with van der Waals surface area (Å²) in [6.07, 6.45) is 1.72. The third kappa shape index (κ3) is 2.74. The lowest BCUT2D eigenvalue weighted by Gasteiger charge is -2.29. The van der Waals surface area contributed by atoms with E-state index in [-0.39, 0.29) is 11.8 Å². The van der Waals surface area contributed by atoms with Crippen LogP contribution < -0.4 is 0 Å². The standard InChI is InChI=1S/C11H10Cl2N2OS/c12-9-4-8(10(13)17-9)11(16)15-3-1-2-7(5-14)6-15/h4,7H,1-3,6H2. The van der Waals surface area contributed by atoms with E-state index >= 15 is 0 Å². The Labute approximate surface area is 114 Å². The van der Waals surface area contributed by atoms with Crippen LogP contribution in [0.1, 0.15) is 23.2 Å². The summed E-state index contributed by atoms with van der Waals surface area (Å²) in [6, 6.07) is 3.80. The Balaban J connectivity index is 2.15. The predicted molar refractivity (Wildman–Crippen MR) is 68.6 cm³/mol. The van der Waals surface area contributed by atoms with Gasteiger partial charge in [0.05, 0.1) is 21.9 Å². The molecule has 0 aromatic carbocycles. The Kier molecular flexibility index (Phi) is 3.93. The molecule has 0 saturated carbocycles. The molecular weight excluding hydrogens is 279 g/mol. The molecule has 0 spiro atoms. The van der Waals surface area contributed by atoms with Gasteiger partial charge in [0.1, 0.15) is 4.34 Å². The van der Waals surface area contributed by atoms with Crippen LogP contribution in [0.25, 0.3) is 0 Å².